The first kappa shape index (κ1) is 24.1. The average molecular weight is 566 g/mol. The number of thioether (sulfide) groups is 1. The van der Waals surface area contributed by atoms with Gasteiger partial charge in [-0.1, -0.05) is 17.7 Å². The molecule has 1 aliphatic rings. The van der Waals surface area contributed by atoms with Crippen LogP contribution in [0.3, 0.4) is 0 Å². The number of methoxy groups -OCH3 is 1. The molecule has 0 unspecified atom stereocenters. The van der Waals surface area contributed by atoms with Gasteiger partial charge in [0.2, 0.25) is 5.91 Å². The zero-order valence-electron chi connectivity index (χ0n) is 18.1. The number of carbonyl (C=O) groups excluding carboxylic acids is 3. The summed E-state index contributed by atoms with van der Waals surface area (Å²) >= 11 is 2.95. The Bertz CT molecular complexity index is 1080. The molecule has 9 heteroatoms. The van der Waals surface area contributed by atoms with Gasteiger partial charge in [-0.05, 0) is 91.0 Å². The number of benzene rings is 2. The van der Waals surface area contributed by atoms with Gasteiger partial charge in [0.1, 0.15) is 6.54 Å². The average Bonchev–Trinajstić information content (AvgIpc) is 2.98. The fraction of sp³-hybridized carbons (Fsp3) is 0.261. The van der Waals surface area contributed by atoms with Crippen molar-refractivity contribution in [3.63, 3.8) is 0 Å². The molecule has 0 saturated carbocycles. The molecule has 1 saturated heterocycles. The number of hydrogen-bond acceptors (Lipinski definition) is 6. The lowest BCUT2D eigenvalue weighted by Gasteiger charge is -2.16. The van der Waals surface area contributed by atoms with Gasteiger partial charge in [0.05, 0.1) is 21.7 Å². The predicted octanol–water partition coefficient (Wildman–Crippen LogP) is 5.07. The third-order valence-corrected chi connectivity index (χ3v) is 6.12. The Hall–Kier alpha value is -2.53. The Morgan fingerprint density at radius 2 is 1.91 bits per heavy atom. The number of nitrogens with zero attached hydrogens (tertiary/aromatic N) is 1. The van der Waals surface area contributed by atoms with Crippen LogP contribution in [0.25, 0.3) is 6.08 Å². The highest BCUT2D eigenvalue weighted by atomic mass is 127. The number of ether oxygens (including phenoxy) is 2. The molecule has 32 heavy (non-hydrogen) atoms. The van der Waals surface area contributed by atoms with Gasteiger partial charge in [-0.25, -0.2) is 0 Å². The Labute approximate surface area is 204 Å². The maximum Gasteiger partial charge on any atom is 0.294 e. The summed E-state index contributed by atoms with van der Waals surface area (Å²) in [7, 11) is 1.54. The van der Waals surface area contributed by atoms with Crippen LogP contribution < -0.4 is 14.8 Å². The Balaban J connectivity index is 1.75. The lowest BCUT2D eigenvalue weighted by molar-refractivity contribution is -0.127. The van der Waals surface area contributed by atoms with E-state index in [0.717, 1.165) is 25.8 Å². The van der Waals surface area contributed by atoms with Gasteiger partial charge < -0.3 is 14.8 Å². The Kier molecular flexibility index (Phi) is 7.83. The first-order valence-electron chi connectivity index (χ1n) is 9.84. The number of anilines is 1. The summed E-state index contributed by atoms with van der Waals surface area (Å²) in [6.45, 7) is 5.44. The molecular weight excluding hydrogens is 543 g/mol. The number of amides is 3. The summed E-state index contributed by atoms with van der Waals surface area (Å²) in [4.78, 5) is 38.7. The number of aryl methyl sites for hydroxylation is 1. The smallest absolute Gasteiger partial charge is 0.294 e. The first-order valence-corrected chi connectivity index (χ1v) is 11.7. The van der Waals surface area contributed by atoms with Gasteiger partial charge in [0.25, 0.3) is 11.1 Å². The van der Waals surface area contributed by atoms with E-state index < -0.39 is 17.1 Å². The monoisotopic (exact) mass is 566 g/mol. The van der Waals surface area contributed by atoms with Gasteiger partial charge in [0.15, 0.2) is 11.5 Å². The Morgan fingerprint density at radius 1 is 1.22 bits per heavy atom. The minimum atomic E-state index is -0.504. The highest BCUT2D eigenvalue weighted by molar-refractivity contribution is 14.1. The van der Waals surface area contributed by atoms with Crippen molar-refractivity contribution in [1.82, 2.24) is 4.90 Å². The van der Waals surface area contributed by atoms with Crippen LogP contribution in [0, 0.1) is 10.5 Å². The summed E-state index contributed by atoms with van der Waals surface area (Å²) < 4.78 is 12.1. The van der Waals surface area contributed by atoms with E-state index in [0.29, 0.717) is 22.7 Å². The molecule has 0 atom stereocenters. The minimum absolute atomic E-state index is 0.0224. The van der Waals surface area contributed by atoms with Crippen LogP contribution in [0.1, 0.15) is 25.0 Å². The van der Waals surface area contributed by atoms with Crippen molar-refractivity contribution in [2.24, 2.45) is 0 Å². The summed E-state index contributed by atoms with van der Waals surface area (Å²) in [6, 6.07) is 10.9. The molecule has 0 aliphatic carbocycles. The fourth-order valence-corrected chi connectivity index (χ4v) is 4.53. The van der Waals surface area contributed by atoms with Gasteiger partial charge in [-0.2, -0.15) is 0 Å². The first-order chi connectivity index (χ1) is 15.2. The number of nitrogens with one attached hydrogen (secondary N) is 1. The van der Waals surface area contributed by atoms with Crippen LogP contribution in [-0.4, -0.2) is 41.7 Å². The number of carbonyl (C=O) groups is 3. The third-order valence-electron chi connectivity index (χ3n) is 4.41. The second kappa shape index (κ2) is 10.4. The third kappa shape index (κ3) is 5.83. The van der Waals surface area contributed by atoms with E-state index in [1.54, 1.807) is 31.4 Å². The standard InChI is InChI=1S/C23H23IN2O5S/c1-13(2)31-21-17(24)9-15(10-18(21)30-4)11-19-22(28)26(23(29)32-19)12-20(27)25-16-7-5-14(3)6-8-16/h5-11,13H,12H2,1-4H3,(H,25,27). The van der Waals surface area contributed by atoms with Crippen LogP contribution in [0.2, 0.25) is 0 Å². The van der Waals surface area contributed by atoms with E-state index in [9.17, 15) is 14.4 Å². The molecule has 2 aromatic carbocycles. The number of rotatable bonds is 7. The largest absolute Gasteiger partial charge is 0.493 e. The lowest BCUT2D eigenvalue weighted by Crippen LogP contribution is -2.36. The molecule has 1 fully saturated rings. The van der Waals surface area contributed by atoms with Crippen molar-refractivity contribution >= 4 is 63.2 Å². The molecule has 0 aromatic heterocycles. The topological polar surface area (TPSA) is 84.9 Å². The quantitative estimate of drug-likeness (QED) is 0.372. The highest BCUT2D eigenvalue weighted by Crippen LogP contribution is 2.37. The molecule has 3 amide bonds. The molecule has 1 N–H and O–H groups in total. The van der Waals surface area contributed by atoms with Gasteiger partial charge in [0, 0.05) is 5.69 Å². The van der Waals surface area contributed by atoms with Crippen molar-refractivity contribution in [1.29, 1.82) is 0 Å². The minimum Gasteiger partial charge on any atom is -0.493 e. The summed E-state index contributed by atoms with van der Waals surface area (Å²) in [5.74, 6) is 0.217. The molecule has 0 radical (unpaired) electrons. The second-order valence-corrected chi connectivity index (χ2v) is 9.54. The maximum atomic E-state index is 12.8. The number of hydrogen-bond donors (Lipinski definition) is 1. The molecule has 7 nitrogen and oxygen atoms in total. The SMILES string of the molecule is COc1cc(C=C2SC(=O)N(CC(=O)Nc3ccc(C)cc3)C2=O)cc(I)c1OC(C)C. The fourth-order valence-electron chi connectivity index (χ4n) is 2.94. The summed E-state index contributed by atoms with van der Waals surface area (Å²) in [6.07, 6.45) is 1.60. The summed E-state index contributed by atoms with van der Waals surface area (Å²) in [5.41, 5.74) is 2.36. The number of halogens is 1. The Morgan fingerprint density at radius 3 is 2.53 bits per heavy atom. The van der Waals surface area contributed by atoms with E-state index in [2.05, 4.69) is 27.9 Å². The van der Waals surface area contributed by atoms with E-state index >= 15 is 0 Å². The normalized spacial score (nSPS) is 14.9. The lowest BCUT2D eigenvalue weighted by atomic mass is 10.1. The van der Waals surface area contributed by atoms with Crippen LogP contribution in [0.4, 0.5) is 10.5 Å². The molecule has 0 spiro atoms. The van der Waals surface area contributed by atoms with E-state index in [-0.39, 0.29) is 17.6 Å². The van der Waals surface area contributed by atoms with Crippen LogP contribution >= 0.6 is 34.4 Å². The molecule has 2 aromatic rings. The van der Waals surface area contributed by atoms with Crippen molar-refractivity contribution < 1.29 is 23.9 Å². The molecule has 1 heterocycles. The summed E-state index contributed by atoms with van der Waals surface area (Å²) in [5, 5.41) is 2.22. The van der Waals surface area contributed by atoms with Crippen molar-refractivity contribution in [3.8, 4) is 11.5 Å². The van der Waals surface area contributed by atoms with Crippen molar-refractivity contribution in [3.05, 3.63) is 56.0 Å². The second-order valence-electron chi connectivity index (χ2n) is 7.38. The van der Waals surface area contributed by atoms with Crippen LogP contribution in [-0.2, 0) is 9.59 Å². The highest BCUT2D eigenvalue weighted by Gasteiger charge is 2.36. The molecule has 3 rings (SSSR count). The molecular formula is C23H23IN2O5S. The zero-order chi connectivity index (χ0) is 23.4. The van der Waals surface area contributed by atoms with Gasteiger partial charge in [-0.15, -0.1) is 0 Å². The number of imide groups is 1. The van der Waals surface area contributed by atoms with E-state index in [4.69, 9.17) is 9.47 Å². The predicted molar refractivity (Wildman–Crippen MR) is 134 cm³/mol. The molecule has 1 aliphatic heterocycles. The molecule has 0 bridgehead atoms. The zero-order valence-corrected chi connectivity index (χ0v) is 21.1. The molecule has 168 valence electrons. The van der Waals surface area contributed by atoms with Crippen molar-refractivity contribution in [2.75, 3.05) is 19.0 Å². The van der Waals surface area contributed by atoms with Crippen LogP contribution in [0.15, 0.2) is 41.3 Å². The van der Waals surface area contributed by atoms with Gasteiger partial charge >= 0.3 is 0 Å². The van der Waals surface area contributed by atoms with Crippen LogP contribution in [0.5, 0.6) is 11.5 Å². The van der Waals surface area contributed by atoms with Crippen molar-refractivity contribution in [2.45, 2.75) is 26.9 Å². The maximum absolute atomic E-state index is 12.8. The van der Waals surface area contributed by atoms with Gasteiger partial charge in [-0.3, -0.25) is 19.3 Å². The van der Waals surface area contributed by atoms with E-state index in [1.807, 2.05) is 39.0 Å². The van der Waals surface area contributed by atoms with E-state index in [1.165, 1.54) is 0 Å².